The molecule has 10 heteroatoms. The molecule has 3 aromatic rings. The Kier molecular flexibility index (Phi) is 6.59. The summed E-state index contributed by atoms with van der Waals surface area (Å²) in [6, 6.07) is 13.1. The van der Waals surface area contributed by atoms with Crippen molar-refractivity contribution < 1.29 is 32.9 Å². The second-order valence-electron chi connectivity index (χ2n) is 9.88. The summed E-state index contributed by atoms with van der Waals surface area (Å²) in [7, 11) is 0. The zero-order valence-electron chi connectivity index (χ0n) is 20.4. The van der Waals surface area contributed by atoms with Gasteiger partial charge in [0.05, 0.1) is 19.0 Å². The van der Waals surface area contributed by atoms with Crippen LogP contribution in [0.5, 0.6) is 5.75 Å². The third-order valence-corrected chi connectivity index (χ3v) is 6.84. The number of ether oxygens (including phenoxy) is 2. The van der Waals surface area contributed by atoms with Crippen LogP contribution in [0.25, 0.3) is 0 Å². The average molecular weight is 516 g/mol. The van der Waals surface area contributed by atoms with Gasteiger partial charge >= 0.3 is 6.18 Å². The molecule has 0 radical (unpaired) electrons. The van der Waals surface area contributed by atoms with Crippen LogP contribution in [0.15, 0.2) is 54.9 Å². The monoisotopic (exact) mass is 515 g/mol. The van der Waals surface area contributed by atoms with E-state index in [9.17, 15) is 23.4 Å². The number of aromatic nitrogens is 2. The van der Waals surface area contributed by atoms with Gasteiger partial charge in [-0.15, -0.1) is 0 Å². The van der Waals surface area contributed by atoms with Gasteiger partial charge in [0.2, 0.25) is 5.79 Å². The van der Waals surface area contributed by atoms with Crippen molar-refractivity contribution in [2.45, 2.75) is 62.8 Å². The molecule has 7 nitrogen and oxygen atoms in total. The van der Waals surface area contributed by atoms with Gasteiger partial charge in [-0.25, -0.2) is 4.98 Å². The van der Waals surface area contributed by atoms with E-state index in [-0.39, 0.29) is 18.8 Å². The van der Waals surface area contributed by atoms with Gasteiger partial charge in [-0.05, 0) is 35.1 Å². The van der Waals surface area contributed by atoms with Crippen molar-refractivity contribution in [1.82, 2.24) is 9.97 Å². The normalized spacial score (nSPS) is 25.2. The third kappa shape index (κ3) is 5.14. The van der Waals surface area contributed by atoms with E-state index in [4.69, 9.17) is 9.47 Å². The first-order valence-electron chi connectivity index (χ1n) is 12.1. The van der Waals surface area contributed by atoms with Crippen molar-refractivity contribution in [2.75, 3.05) is 11.9 Å². The summed E-state index contributed by atoms with van der Waals surface area (Å²) in [5, 5.41) is 23.8. The molecule has 2 aromatic carbocycles. The van der Waals surface area contributed by atoms with Crippen molar-refractivity contribution in [3.8, 4) is 5.75 Å². The van der Waals surface area contributed by atoms with E-state index < -0.39 is 35.9 Å². The molecule has 2 aliphatic rings. The summed E-state index contributed by atoms with van der Waals surface area (Å²) in [5.41, 5.74) is 3.14. The van der Waals surface area contributed by atoms with E-state index in [1.165, 1.54) is 5.56 Å². The summed E-state index contributed by atoms with van der Waals surface area (Å²) < 4.78 is 51.5. The molecule has 37 heavy (non-hydrogen) atoms. The number of fused-ring (bicyclic) bond motifs is 1. The van der Waals surface area contributed by atoms with Gasteiger partial charge in [0.15, 0.2) is 5.69 Å². The molecular formula is C27H28F3N3O4. The first-order valence-corrected chi connectivity index (χ1v) is 12.1. The predicted molar refractivity (Wildman–Crippen MR) is 129 cm³/mol. The Balaban J connectivity index is 1.38. The standard InChI is InChI=1S/C27H28F3N3O4/c1-15(2)18-6-3-16(4-7-18)9-17-5-8-21-19(10-17)11-26(37-21)25(24(35)20(34)14-36-26)33-23-13-31-12-22(32-23)27(28,29)30/h3-8,10,12-13,15,20,24-25,34-35H,9,11,14H2,1-2H3,(H,32,33)/t20-,24-,25+,26?/m0/s1. The summed E-state index contributed by atoms with van der Waals surface area (Å²) in [5.74, 6) is -0.672. The highest BCUT2D eigenvalue weighted by atomic mass is 19.4. The number of alkyl halides is 3. The van der Waals surface area contributed by atoms with E-state index in [1.807, 2.05) is 18.2 Å². The molecule has 0 saturated carbocycles. The lowest BCUT2D eigenvalue weighted by Crippen LogP contribution is -2.66. The molecule has 0 bridgehead atoms. The summed E-state index contributed by atoms with van der Waals surface area (Å²) in [6.07, 6.45) is -4.68. The molecule has 1 fully saturated rings. The summed E-state index contributed by atoms with van der Waals surface area (Å²) in [6.45, 7) is 4.10. The maximum absolute atomic E-state index is 13.1. The highest BCUT2D eigenvalue weighted by molar-refractivity contribution is 5.45. The fourth-order valence-corrected chi connectivity index (χ4v) is 4.80. The highest BCUT2D eigenvalue weighted by Crippen LogP contribution is 2.42. The Morgan fingerprint density at radius 1 is 1.08 bits per heavy atom. The minimum atomic E-state index is -4.69. The van der Waals surface area contributed by atoms with E-state index in [0.29, 0.717) is 24.3 Å². The Morgan fingerprint density at radius 2 is 1.81 bits per heavy atom. The molecule has 0 aliphatic carbocycles. The number of anilines is 1. The average Bonchev–Trinajstić information content (AvgIpc) is 3.23. The smallest absolute Gasteiger partial charge is 0.434 e. The van der Waals surface area contributed by atoms with Crippen LogP contribution in [-0.2, 0) is 23.8 Å². The number of nitrogens with zero attached hydrogens (tertiary/aromatic N) is 2. The first-order chi connectivity index (χ1) is 17.5. The topological polar surface area (TPSA) is 96.7 Å². The molecular weight excluding hydrogens is 487 g/mol. The Labute approximate surface area is 212 Å². The van der Waals surface area contributed by atoms with Crippen LogP contribution in [0.4, 0.5) is 19.0 Å². The van der Waals surface area contributed by atoms with Crippen LogP contribution >= 0.6 is 0 Å². The van der Waals surface area contributed by atoms with Gasteiger partial charge in [-0.3, -0.25) is 4.98 Å². The van der Waals surface area contributed by atoms with Crippen LogP contribution in [0.3, 0.4) is 0 Å². The zero-order valence-corrected chi connectivity index (χ0v) is 20.4. The third-order valence-electron chi connectivity index (χ3n) is 6.84. The molecule has 1 aromatic heterocycles. The summed E-state index contributed by atoms with van der Waals surface area (Å²) >= 11 is 0. The number of aliphatic hydroxyl groups excluding tert-OH is 2. The number of halogens is 3. The van der Waals surface area contributed by atoms with Crippen LogP contribution in [0.1, 0.15) is 47.7 Å². The fraction of sp³-hybridized carbons (Fsp3) is 0.407. The van der Waals surface area contributed by atoms with E-state index >= 15 is 0 Å². The maximum Gasteiger partial charge on any atom is 0.434 e. The minimum Gasteiger partial charge on any atom is -0.459 e. The largest absolute Gasteiger partial charge is 0.459 e. The molecule has 5 rings (SSSR count). The highest BCUT2D eigenvalue weighted by Gasteiger charge is 2.55. The van der Waals surface area contributed by atoms with E-state index in [2.05, 4.69) is 53.4 Å². The quantitative estimate of drug-likeness (QED) is 0.471. The lowest BCUT2D eigenvalue weighted by molar-refractivity contribution is -0.252. The van der Waals surface area contributed by atoms with Crippen molar-refractivity contribution in [2.24, 2.45) is 0 Å². The first kappa shape index (κ1) is 25.4. The molecule has 3 heterocycles. The van der Waals surface area contributed by atoms with Crippen LogP contribution in [-0.4, -0.2) is 50.8 Å². The van der Waals surface area contributed by atoms with Gasteiger partial charge in [0, 0.05) is 12.0 Å². The SMILES string of the molecule is CC(C)c1ccc(Cc2ccc3c(c2)CC2(OC[C@H](O)[C@H](O)[C@H]2Nc2cncc(C(F)(F)F)n2)O3)cc1. The number of benzene rings is 2. The van der Waals surface area contributed by atoms with Gasteiger partial charge in [0.1, 0.15) is 29.8 Å². The fourth-order valence-electron chi connectivity index (χ4n) is 4.80. The van der Waals surface area contributed by atoms with Crippen molar-refractivity contribution in [1.29, 1.82) is 0 Å². The molecule has 1 unspecified atom stereocenters. The number of hydrogen-bond donors (Lipinski definition) is 3. The molecule has 2 aliphatic heterocycles. The van der Waals surface area contributed by atoms with Gasteiger partial charge < -0.3 is 25.0 Å². The minimum absolute atomic E-state index is 0.198. The summed E-state index contributed by atoms with van der Waals surface area (Å²) in [4.78, 5) is 7.19. The number of aliphatic hydroxyl groups is 2. The number of nitrogens with one attached hydrogen (secondary N) is 1. The molecule has 0 amide bonds. The molecule has 1 saturated heterocycles. The van der Waals surface area contributed by atoms with E-state index in [0.717, 1.165) is 22.9 Å². The Hall–Kier alpha value is -3.21. The number of hydrogen-bond acceptors (Lipinski definition) is 7. The van der Waals surface area contributed by atoms with Crippen molar-refractivity contribution in [3.63, 3.8) is 0 Å². The van der Waals surface area contributed by atoms with Crippen molar-refractivity contribution >= 4 is 5.82 Å². The lowest BCUT2D eigenvalue weighted by Gasteiger charge is -2.45. The second kappa shape index (κ2) is 9.59. The Bertz CT molecular complexity index is 1270. The molecule has 4 atom stereocenters. The second-order valence-corrected chi connectivity index (χ2v) is 9.88. The molecule has 196 valence electrons. The van der Waals surface area contributed by atoms with Crippen molar-refractivity contribution in [3.05, 3.63) is 82.8 Å². The van der Waals surface area contributed by atoms with E-state index in [1.54, 1.807) is 0 Å². The number of rotatable bonds is 5. The molecule has 1 spiro atoms. The van der Waals surface area contributed by atoms with Crippen LogP contribution in [0.2, 0.25) is 0 Å². The predicted octanol–water partition coefficient (Wildman–Crippen LogP) is 4.07. The molecule has 3 N–H and O–H groups in total. The lowest BCUT2D eigenvalue weighted by atomic mass is 9.90. The van der Waals surface area contributed by atoms with Crippen LogP contribution in [0, 0.1) is 0 Å². The Morgan fingerprint density at radius 3 is 2.51 bits per heavy atom. The van der Waals surface area contributed by atoms with Gasteiger partial charge in [0.25, 0.3) is 0 Å². The zero-order chi connectivity index (χ0) is 26.4. The van der Waals surface area contributed by atoms with Gasteiger partial charge in [-0.2, -0.15) is 13.2 Å². The maximum atomic E-state index is 13.1. The van der Waals surface area contributed by atoms with Gasteiger partial charge in [-0.1, -0.05) is 50.2 Å². The van der Waals surface area contributed by atoms with Crippen LogP contribution < -0.4 is 10.1 Å².